The summed E-state index contributed by atoms with van der Waals surface area (Å²) in [5.41, 5.74) is 1.92. The van der Waals surface area contributed by atoms with Crippen molar-refractivity contribution in [2.24, 2.45) is 17.8 Å². The van der Waals surface area contributed by atoms with Crippen molar-refractivity contribution < 1.29 is 31.7 Å². The average molecular weight is 396 g/mol. The molecule has 2 aliphatic rings. The first-order valence-corrected chi connectivity index (χ1v) is 10.2. The Morgan fingerprint density at radius 1 is 1.36 bits per heavy atom. The molecule has 0 amide bonds. The Balaban J connectivity index is 1.65. The summed E-state index contributed by atoms with van der Waals surface area (Å²) < 4.78 is 44.6. The Kier molecular flexibility index (Phi) is 5.32. The molecule has 5 atom stereocenters. The molecule has 0 spiro atoms. The molecule has 1 aromatic rings. The van der Waals surface area contributed by atoms with Gasteiger partial charge in [0, 0.05) is 6.85 Å². The number of carboxylic acid groups (broad SMARTS) is 1. The molecule has 5 heteroatoms. The van der Waals surface area contributed by atoms with Gasteiger partial charge in [0.15, 0.2) is 6.61 Å². The normalized spacial score (nSPS) is 30.7. The van der Waals surface area contributed by atoms with Crippen molar-refractivity contribution in [2.45, 2.75) is 76.8 Å². The zero-order chi connectivity index (χ0) is 24.4. The van der Waals surface area contributed by atoms with E-state index in [-0.39, 0.29) is 24.7 Å². The number of aliphatic carboxylic acids is 1. The quantitative estimate of drug-likeness (QED) is 0.527. The Morgan fingerprint density at radius 3 is 3.00 bits per heavy atom. The molecule has 0 unspecified atom stereocenters. The minimum absolute atomic E-state index is 0.0542. The molecule has 0 heterocycles. The second kappa shape index (κ2) is 9.75. The molecule has 28 heavy (non-hydrogen) atoms. The summed E-state index contributed by atoms with van der Waals surface area (Å²) in [5.74, 6) is -1.17. The Hall–Kier alpha value is -1.59. The van der Waals surface area contributed by atoms with Gasteiger partial charge in [-0.1, -0.05) is 38.2 Å². The lowest BCUT2D eigenvalue weighted by Gasteiger charge is -2.32. The van der Waals surface area contributed by atoms with Gasteiger partial charge in [0.2, 0.25) is 0 Å². The van der Waals surface area contributed by atoms with Gasteiger partial charge in [-0.3, -0.25) is 0 Å². The highest BCUT2D eigenvalue weighted by Gasteiger charge is 2.44. The van der Waals surface area contributed by atoms with Gasteiger partial charge >= 0.3 is 5.97 Å². The molecule has 2 aliphatic carbocycles. The van der Waals surface area contributed by atoms with Crippen molar-refractivity contribution in [1.82, 2.24) is 0 Å². The van der Waals surface area contributed by atoms with Crippen molar-refractivity contribution in [1.29, 1.82) is 0 Å². The number of fused-ring (bicyclic) bond motifs is 2. The maximum atomic E-state index is 10.9. The van der Waals surface area contributed by atoms with Gasteiger partial charge in [-0.2, -0.15) is 0 Å². The van der Waals surface area contributed by atoms with E-state index in [1.165, 1.54) is 0 Å². The van der Waals surface area contributed by atoms with Crippen LogP contribution in [-0.4, -0.2) is 40.1 Å². The highest BCUT2D eigenvalue weighted by atomic mass is 16.5. The lowest BCUT2D eigenvalue weighted by Crippen LogP contribution is -2.28. The summed E-state index contributed by atoms with van der Waals surface area (Å²) in [5, 5.41) is 30.2. The number of unbranched alkanes of at least 4 members (excludes halogenated alkanes) is 1. The van der Waals surface area contributed by atoms with E-state index in [4.69, 9.17) is 16.7 Å². The topological polar surface area (TPSA) is 87.0 Å². The number of aliphatic hydroxyl groups is 2. The average Bonchev–Trinajstić information content (AvgIpc) is 3.02. The van der Waals surface area contributed by atoms with Gasteiger partial charge in [-0.05, 0) is 73.4 Å². The van der Waals surface area contributed by atoms with Crippen molar-refractivity contribution in [3.8, 4) is 5.75 Å². The summed E-state index contributed by atoms with van der Waals surface area (Å²) in [6, 6.07) is 5.48. The minimum Gasteiger partial charge on any atom is -0.482 e. The van der Waals surface area contributed by atoms with E-state index in [0.717, 1.165) is 11.1 Å². The van der Waals surface area contributed by atoms with Crippen LogP contribution in [-0.2, 0) is 17.6 Å². The first kappa shape index (κ1) is 15.3. The number of aliphatic hydroxyl groups excluding tert-OH is 2. The number of hydrogen-bond donors (Lipinski definition) is 3. The van der Waals surface area contributed by atoms with Crippen molar-refractivity contribution in [3.05, 3.63) is 29.3 Å². The summed E-state index contributed by atoms with van der Waals surface area (Å²) >= 11 is 0. The lowest BCUT2D eigenvalue weighted by molar-refractivity contribution is -0.139. The number of carboxylic acids is 1. The zero-order valence-corrected chi connectivity index (χ0v) is 16.1. The molecule has 3 rings (SSSR count). The van der Waals surface area contributed by atoms with E-state index < -0.39 is 43.9 Å². The molecule has 1 aromatic carbocycles. The molecule has 3 N–H and O–H groups in total. The number of rotatable bonds is 10. The van der Waals surface area contributed by atoms with Crippen LogP contribution in [0.2, 0.25) is 0 Å². The molecule has 0 aromatic heterocycles. The minimum atomic E-state index is -1.99. The van der Waals surface area contributed by atoms with Crippen LogP contribution in [0.4, 0.5) is 0 Å². The molecular weight excluding hydrogens is 356 g/mol. The van der Waals surface area contributed by atoms with Gasteiger partial charge in [-0.25, -0.2) is 4.79 Å². The van der Waals surface area contributed by atoms with Crippen LogP contribution in [0.5, 0.6) is 5.75 Å². The molecule has 0 radical (unpaired) electrons. The smallest absolute Gasteiger partial charge is 0.341 e. The van der Waals surface area contributed by atoms with Crippen LogP contribution in [0.15, 0.2) is 18.2 Å². The number of hydrogen-bond acceptors (Lipinski definition) is 4. The maximum Gasteiger partial charge on any atom is 0.341 e. The van der Waals surface area contributed by atoms with Crippen LogP contribution >= 0.6 is 0 Å². The molecule has 0 bridgehead atoms. The third-order valence-electron chi connectivity index (χ3n) is 6.08. The van der Waals surface area contributed by atoms with E-state index in [2.05, 4.69) is 0 Å². The molecular formula is C23H34O5. The first-order chi connectivity index (χ1) is 15.4. The largest absolute Gasteiger partial charge is 0.482 e. The third-order valence-corrected chi connectivity index (χ3v) is 6.08. The van der Waals surface area contributed by atoms with Gasteiger partial charge < -0.3 is 20.1 Å². The zero-order valence-electron chi connectivity index (χ0n) is 21.1. The molecule has 5 nitrogen and oxygen atoms in total. The highest BCUT2D eigenvalue weighted by molar-refractivity contribution is 5.68. The second-order valence-electron chi connectivity index (χ2n) is 8.05. The monoisotopic (exact) mass is 395 g/mol. The van der Waals surface area contributed by atoms with E-state index >= 15 is 0 Å². The van der Waals surface area contributed by atoms with Crippen LogP contribution in [0, 0.1) is 17.8 Å². The molecule has 156 valence electrons. The molecule has 0 aliphatic heterocycles. The van der Waals surface area contributed by atoms with E-state index in [1.54, 1.807) is 12.1 Å². The fourth-order valence-corrected chi connectivity index (χ4v) is 4.73. The van der Waals surface area contributed by atoms with Gasteiger partial charge in [0.25, 0.3) is 0 Å². The van der Waals surface area contributed by atoms with Crippen LogP contribution in [0.25, 0.3) is 0 Å². The van der Waals surface area contributed by atoms with Crippen LogP contribution in [0.3, 0.4) is 0 Å². The van der Waals surface area contributed by atoms with Crippen molar-refractivity contribution in [2.75, 3.05) is 6.61 Å². The lowest BCUT2D eigenvalue weighted by atomic mass is 9.73. The number of carbonyl (C=O) groups is 1. The Labute approximate surface area is 174 Å². The standard InChI is InChI=1S/C23H34O5/c1-2-3-4-7-17(24)9-10-18-19-11-15-6-5-8-22(28-14-23(26)27)20(15)12-16(19)13-21(18)25/h5-6,8,16-19,21,24-25H,2-4,7,9-14H2,1H3,(H,26,27)/t16-,17-,18+,19-,21+/m0/s1/i1D3,10D2. The fourth-order valence-electron chi connectivity index (χ4n) is 4.73. The molecule has 1 fully saturated rings. The third kappa shape index (κ3) is 5.06. The molecule has 0 saturated heterocycles. The number of benzene rings is 1. The first-order valence-electron chi connectivity index (χ1n) is 12.7. The summed E-state index contributed by atoms with van der Waals surface area (Å²) in [6.07, 6.45) is -0.581. The van der Waals surface area contributed by atoms with Crippen molar-refractivity contribution in [3.63, 3.8) is 0 Å². The van der Waals surface area contributed by atoms with Gasteiger partial charge in [-0.15, -0.1) is 0 Å². The van der Waals surface area contributed by atoms with E-state index in [0.29, 0.717) is 44.3 Å². The van der Waals surface area contributed by atoms with E-state index in [1.807, 2.05) is 6.07 Å². The maximum absolute atomic E-state index is 10.9. The summed E-state index contributed by atoms with van der Waals surface area (Å²) in [7, 11) is 0. The Morgan fingerprint density at radius 2 is 2.21 bits per heavy atom. The van der Waals surface area contributed by atoms with Crippen LogP contribution < -0.4 is 4.74 Å². The van der Waals surface area contributed by atoms with Gasteiger partial charge in [0.1, 0.15) is 5.75 Å². The fraction of sp³-hybridized carbons (Fsp3) is 0.696. The van der Waals surface area contributed by atoms with Crippen LogP contribution in [0.1, 0.15) is 69.7 Å². The second-order valence-corrected chi connectivity index (χ2v) is 8.05. The Bertz CT molecular complexity index is 828. The number of ether oxygens (including phenoxy) is 1. The summed E-state index contributed by atoms with van der Waals surface area (Å²) in [4.78, 5) is 10.9. The van der Waals surface area contributed by atoms with E-state index in [9.17, 15) is 15.0 Å². The predicted octanol–water partition coefficient (Wildman–Crippen LogP) is 3.58. The summed E-state index contributed by atoms with van der Waals surface area (Å²) in [6.45, 7) is -2.42. The van der Waals surface area contributed by atoms with Crippen molar-refractivity contribution >= 4 is 5.97 Å². The highest BCUT2D eigenvalue weighted by Crippen LogP contribution is 2.48. The SMILES string of the molecule is [2H]C([2H])([2H])CCCC[C@H](O)CC([2H])([2H])[C@@H]1[C@H]2Cc3cccc(OCC(=O)O)c3C[C@H]2C[C@H]1O. The van der Waals surface area contributed by atoms with Gasteiger partial charge in [0.05, 0.1) is 12.2 Å². The predicted molar refractivity (Wildman–Crippen MR) is 107 cm³/mol. The molecule has 1 saturated carbocycles.